The van der Waals surface area contributed by atoms with E-state index in [1.807, 2.05) is 12.1 Å². The second-order valence-corrected chi connectivity index (χ2v) is 7.42. The minimum absolute atomic E-state index is 0.737. The van der Waals surface area contributed by atoms with Crippen molar-refractivity contribution in [2.75, 3.05) is 13.1 Å². The van der Waals surface area contributed by atoms with Gasteiger partial charge in [0.2, 0.25) is 0 Å². The zero-order chi connectivity index (χ0) is 17.1. The molecule has 0 spiro atoms. The first-order chi connectivity index (χ1) is 11.6. The lowest BCUT2D eigenvalue weighted by Gasteiger charge is -2.30. The average Bonchev–Trinajstić information content (AvgIpc) is 2.59. The SMILES string of the molecule is CCc1nc2c(c(-c3ccc(Cl)cc3)n1)CN(CCC(C)C)CC2. The minimum atomic E-state index is 0.737. The van der Waals surface area contributed by atoms with E-state index in [1.54, 1.807) is 0 Å². The van der Waals surface area contributed by atoms with Gasteiger partial charge in [0.1, 0.15) is 5.82 Å². The van der Waals surface area contributed by atoms with Crippen LogP contribution in [-0.4, -0.2) is 28.0 Å². The van der Waals surface area contributed by atoms with Crippen LogP contribution in [0, 0.1) is 5.92 Å². The third kappa shape index (κ3) is 3.96. The van der Waals surface area contributed by atoms with E-state index in [9.17, 15) is 0 Å². The molecular weight excluding hydrogens is 318 g/mol. The van der Waals surface area contributed by atoms with Gasteiger partial charge in [-0.25, -0.2) is 9.97 Å². The van der Waals surface area contributed by atoms with E-state index in [0.717, 1.165) is 60.5 Å². The van der Waals surface area contributed by atoms with Crippen LogP contribution in [0.1, 0.15) is 44.3 Å². The van der Waals surface area contributed by atoms with E-state index in [1.165, 1.54) is 17.7 Å². The molecule has 0 N–H and O–H groups in total. The van der Waals surface area contributed by atoms with Gasteiger partial charge in [0.15, 0.2) is 0 Å². The van der Waals surface area contributed by atoms with E-state index in [0.29, 0.717) is 0 Å². The summed E-state index contributed by atoms with van der Waals surface area (Å²) in [6, 6.07) is 8.02. The van der Waals surface area contributed by atoms with Gasteiger partial charge >= 0.3 is 0 Å². The summed E-state index contributed by atoms with van der Waals surface area (Å²) in [6.45, 7) is 9.88. The molecule has 1 aromatic carbocycles. The molecule has 0 saturated heterocycles. The highest BCUT2D eigenvalue weighted by Gasteiger charge is 2.22. The quantitative estimate of drug-likeness (QED) is 0.783. The first-order valence-corrected chi connectivity index (χ1v) is 9.31. The summed E-state index contributed by atoms with van der Waals surface area (Å²) in [4.78, 5) is 12.2. The van der Waals surface area contributed by atoms with Gasteiger partial charge in [-0.15, -0.1) is 0 Å². The monoisotopic (exact) mass is 343 g/mol. The molecule has 0 radical (unpaired) electrons. The number of fused-ring (bicyclic) bond motifs is 1. The molecule has 0 bridgehead atoms. The van der Waals surface area contributed by atoms with Crippen LogP contribution in [0.5, 0.6) is 0 Å². The molecule has 0 saturated carbocycles. The molecule has 1 aliphatic rings. The predicted octanol–water partition coefficient (Wildman–Crippen LogP) is 4.76. The van der Waals surface area contributed by atoms with Crippen molar-refractivity contribution in [2.45, 2.75) is 46.6 Å². The van der Waals surface area contributed by atoms with Crippen molar-refractivity contribution in [1.82, 2.24) is 14.9 Å². The maximum atomic E-state index is 6.05. The summed E-state index contributed by atoms with van der Waals surface area (Å²) < 4.78 is 0. The molecule has 2 heterocycles. The second-order valence-electron chi connectivity index (χ2n) is 6.98. The highest BCUT2D eigenvalue weighted by Crippen LogP contribution is 2.29. The molecule has 24 heavy (non-hydrogen) atoms. The molecule has 3 nitrogen and oxygen atoms in total. The van der Waals surface area contributed by atoms with Crippen molar-refractivity contribution >= 4 is 11.6 Å². The molecule has 0 amide bonds. The molecular formula is C20H26ClN3. The van der Waals surface area contributed by atoms with Crippen molar-refractivity contribution in [3.63, 3.8) is 0 Å². The highest BCUT2D eigenvalue weighted by atomic mass is 35.5. The van der Waals surface area contributed by atoms with Crippen LogP contribution in [0.3, 0.4) is 0 Å². The Morgan fingerprint density at radius 1 is 1.17 bits per heavy atom. The Bertz CT molecular complexity index is 695. The Morgan fingerprint density at radius 2 is 1.92 bits per heavy atom. The fourth-order valence-electron chi connectivity index (χ4n) is 3.16. The maximum absolute atomic E-state index is 6.05. The van der Waals surface area contributed by atoms with Gasteiger partial charge in [0.25, 0.3) is 0 Å². The van der Waals surface area contributed by atoms with Gasteiger partial charge in [0.05, 0.1) is 11.4 Å². The van der Waals surface area contributed by atoms with Crippen LogP contribution in [0.15, 0.2) is 24.3 Å². The normalized spacial score (nSPS) is 14.9. The Hall–Kier alpha value is -1.45. The fourth-order valence-corrected chi connectivity index (χ4v) is 3.28. The number of benzene rings is 1. The Balaban J connectivity index is 1.95. The van der Waals surface area contributed by atoms with Crippen LogP contribution < -0.4 is 0 Å². The van der Waals surface area contributed by atoms with Gasteiger partial charge in [0, 0.05) is 42.1 Å². The zero-order valence-corrected chi connectivity index (χ0v) is 15.6. The topological polar surface area (TPSA) is 29.0 Å². The predicted molar refractivity (Wildman–Crippen MR) is 100 cm³/mol. The number of aromatic nitrogens is 2. The summed E-state index contributed by atoms with van der Waals surface area (Å²) >= 11 is 6.05. The number of rotatable bonds is 5. The molecule has 2 aromatic rings. The fraction of sp³-hybridized carbons (Fsp3) is 0.500. The molecule has 4 heteroatoms. The van der Waals surface area contributed by atoms with E-state index in [2.05, 4.69) is 37.8 Å². The number of aryl methyl sites for hydroxylation is 1. The molecule has 1 aliphatic heterocycles. The summed E-state index contributed by atoms with van der Waals surface area (Å²) in [5.74, 6) is 1.68. The number of nitrogens with zero attached hydrogens (tertiary/aromatic N) is 3. The van der Waals surface area contributed by atoms with Crippen LogP contribution in [-0.2, 0) is 19.4 Å². The molecule has 0 unspecified atom stereocenters. The largest absolute Gasteiger partial charge is 0.299 e. The third-order valence-corrected chi connectivity index (χ3v) is 4.89. The van der Waals surface area contributed by atoms with Gasteiger partial charge in [-0.1, -0.05) is 44.5 Å². The summed E-state index contributed by atoms with van der Waals surface area (Å²) in [7, 11) is 0. The van der Waals surface area contributed by atoms with Crippen LogP contribution in [0.25, 0.3) is 11.3 Å². The summed E-state index contributed by atoms with van der Waals surface area (Å²) in [5, 5.41) is 0.760. The Kier molecular flexibility index (Phi) is 5.52. The van der Waals surface area contributed by atoms with Crippen LogP contribution in [0.2, 0.25) is 5.02 Å². The third-order valence-electron chi connectivity index (χ3n) is 4.64. The molecule has 128 valence electrons. The lowest BCUT2D eigenvalue weighted by atomic mass is 9.98. The van der Waals surface area contributed by atoms with Gasteiger partial charge in [-0.3, -0.25) is 4.90 Å². The van der Waals surface area contributed by atoms with E-state index in [4.69, 9.17) is 21.6 Å². The average molecular weight is 344 g/mol. The highest BCUT2D eigenvalue weighted by molar-refractivity contribution is 6.30. The lowest BCUT2D eigenvalue weighted by Crippen LogP contribution is -2.33. The zero-order valence-electron chi connectivity index (χ0n) is 14.8. The summed E-state index contributed by atoms with van der Waals surface area (Å²) in [5.41, 5.74) is 4.75. The molecule has 1 aromatic heterocycles. The van der Waals surface area contributed by atoms with Crippen molar-refractivity contribution in [3.05, 3.63) is 46.4 Å². The van der Waals surface area contributed by atoms with E-state index >= 15 is 0 Å². The first-order valence-electron chi connectivity index (χ1n) is 8.93. The van der Waals surface area contributed by atoms with E-state index in [-0.39, 0.29) is 0 Å². The molecule has 3 rings (SSSR count). The number of hydrogen-bond donors (Lipinski definition) is 0. The lowest BCUT2D eigenvalue weighted by molar-refractivity contribution is 0.237. The minimum Gasteiger partial charge on any atom is -0.299 e. The number of hydrogen-bond acceptors (Lipinski definition) is 3. The standard InChI is InChI=1S/C20H26ClN3/c1-4-19-22-18-10-12-24(11-9-14(2)3)13-17(18)20(23-19)15-5-7-16(21)8-6-15/h5-8,14H,4,9-13H2,1-3H3. The molecule has 0 fully saturated rings. The number of halogens is 1. The Labute approximate surface area is 150 Å². The summed E-state index contributed by atoms with van der Waals surface area (Å²) in [6.07, 6.45) is 3.12. The smallest absolute Gasteiger partial charge is 0.129 e. The van der Waals surface area contributed by atoms with Gasteiger partial charge in [-0.2, -0.15) is 0 Å². The van der Waals surface area contributed by atoms with Crippen LogP contribution >= 0.6 is 11.6 Å². The van der Waals surface area contributed by atoms with E-state index < -0.39 is 0 Å². The van der Waals surface area contributed by atoms with Crippen LogP contribution in [0.4, 0.5) is 0 Å². The molecule has 0 aliphatic carbocycles. The van der Waals surface area contributed by atoms with Crippen molar-refractivity contribution < 1.29 is 0 Å². The van der Waals surface area contributed by atoms with Crippen molar-refractivity contribution in [3.8, 4) is 11.3 Å². The molecule has 0 atom stereocenters. The van der Waals surface area contributed by atoms with Gasteiger partial charge in [-0.05, 0) is 31.0 Å². The van der Waals surface area contributed by atoms with Gasteiger partial charge < -0.3 is 0 Å². The maximum Gasteiger partial charge on any atom is 0.129 e. The Morgan fingerprint density at radius 3 is 2.58 bits per heavy atom. The second kappa shape index (κ2) is 7.62. The van der Waals surface area contributed by atoms with Crippen molar-refractivity contribution in [1.29, 1.82) is 0 Å². The first kappa shape index (κ1) is 17.4. The van der Waals surface area contributed by atoms with Crippen molar-refractivity contribution in [2.24, 2.45) is 5.92 Å².